The number of carbonyl (C=O) groups is 1. The van der Waals surface area contributed by atoms with Gasteiger partial charge < -0.3 is 0 Å². The molecule has 0 heterocycles. The van der Waals surface area contributed by atoms with Crippen LogP contribution < -0.4 is 0 Å². The summed E-state index contributed by atoms with van der Waals surface area (Å²) in [6.45, 7) is 0. The summed E-state index contributed by atoms with van der Waals surface area (Å²) in [5, 5.41) is 0.641. The van der Waals surface area contributed by atoms with Crippen LogP contribution in [0.4, 0.5) is 0 Å². The molecule has 2 heteroatoms. The third-order valence-electron chi connectivity index (χ3n) is 3.51. The second-order valence-corrected chi connectivity index (χ2v) is 5.47. The van der Waals surface area contributed by atoms with Gasteiger partial charge in [-0.1, -0.05) is 41.6 Å². The van der Waals surface area contributed by atoms with Crippen molar-refractivity contribution < 1.29 is 4.79 Å². The van der Waals surface area contributed by atoms with Gasteiger partial charge in [-0.15, -0.1) is 0 Å². The van der Waals surface area contributed by atoms with Crippen molar-refractivity contribution in [2.24, 2.45) is 5.41 Å². The number of rotatable bonds is 2. The normalized spacial score (nSPS) is 15.1. The van der Waals surface area contributed by atoms with Gasteiger partial charge >= 0.3 is 0 Å². The van der Waals surface area contributed by atoms with Gasteiger partial charge in [0, 0.05) is 16.1 Å². The van der Waals surface area contributed by atoms with Gasteiger partial charge in [-0.25, -0.2) is 0 Å². The molecule has 20 heavy (non-hydrogen) atoms. The Morgan fingerprint density at radius 3 is 2.25 bits per heavy atom. The van der Waals surface area contributed by atoms with Crippen molar-refractivity contribution in [1.29, 1.82) is 0 Å². The molecule has 1 fully saturated rings. The molecule has 1 nitrogen and oxygen atoms in total. The number of halogens is 1. The van der Waals surface area contributed by atoms with Crippen LogP contribution >= 0.6 is 11.6 Å². The average Bonchev–Trinajstić information content (AvgIpc) is 3.28. The molecule has 0 spiro atoms. The van der Waals surface area contributed by atoms with E-state index in [1.54, 1.807) is 24.3 Å². The Hall–Kier alpha value is -2.04. The first-order valence-electron chi connectivity index (χ1n) is 6.58. The van der Waals surface area contributed by atoms with Crippen LogP contribution in [0.3, 0.4) is 0 Å². The van der Waals surface area contributed by atoms with E-state index >= 15 is 0 Å². The van der Waals surface area contributed by atoms with Crippen LogP contribution in [0.25, 0.3) is 0 Å². The van der Waals surface area contributed by atoms with E-state index in [4.69, 9.17) is 11.6 Å². The second-order valence-electron chi connectivity index (χ2n) is 5.03. The Bertz CT molecular complexity index is 686. The van der Waals surface area contributed by atoms with E-state index in [2.05, 4.69) is 11.8 Å². The Morgan fingerprint density at radius 2 is 1.65 bits per heavy atom. The van der Waals surface area contributed by atoms with Gasteiger partial charge in [-0.3, -0.25) is 4.79 Å². The topological polar surface area (TPSA) is 17.1 Å². The van der Waals surface area contributed by atoms with Crippen LogP contribution in [0.1, 0.15) is 28.8 Å². The van der Waals surface area contributed by atoms with E-state index in [1.165, 1.54) is 0 Å². The number of benzene rings is 2. The molecule has 1 aliphatic rings. The number of carbonyl (C=O) groups excluding carboxylic acids is 1. The molecular formula is C18H13ClO. The summed E-state index contributed by atoms with van der Waals surface area (Å²) in [5.41, 5.74) is 1.15. The fourth-order valence-electron chi connectivity index (χ4n) is 2.12. The molecule has 2 aromatic carbocycles. The smallest absolute Gasteiger partial charge is 0.180 e. The molecule has 0 aliphatic heterocycles. The Morgan fingerprint density at radius 1 is 1.00 bits per heavy atom. The van der Waals surface area contributed by atoms with Gasteiger partial charge in [0.1, 0.15) is 0 Å². The van der Waals surface area contributed by atoms with E-state index < -0.39 is 5.41 Å². The van der Waals surface area contributed by atoms with E-state index in [0.29, 0.717) is 10.6 Å². The highest BCUT2D eigenvalue weighted by Gasteiger charge is 2.48. The van der Waals surface area contributed by atoms with Crippen molar-refractivity contribution in [3.05, 3.63) is 70.7 Å². The largest absolute Gasteiger partial charge is 0.292 e. The lowest BCUT2D eigenvalue weighted by Gasteiger charge is -2.06. The molecule has 0 saturated heterocycles. The Labute approximate surface area is 123 Å². The SMILES string of the molecule is O=C(c1ccc(Cl)cc1)C1(C#Cc2ccccc2)CC1. The summed E-state index contributed by atoms with van der Waals surface area (Å²) < 4.78 is 0. The summed E-state index contributed by atoms with van der Waals surface area (Å²) in [6, 6.07) is 16.8. The van der Waals surface area contributed by atoms with E-state index in [9.17, 15) is 4.79 Å². The van der Waals surface area contributed by atoms with Crippen molar-refractivity contribution in [2.45, 2.75) is 12.8 Å². The van der Waals surface area contributed by atoms with Gasteiger partial charge in [0.15, 0.2) is 5.78 Å². The molecule has 0 N–H and O–H groups in total. The number of hydrogen-bond donors (Lipinski definition) is 0. The van der Waals surface area contributed by atoms with Crippen molar-refractivity contribution in [3.8, 4) is 11.8 Å². The van der Waals surface area contributed by atoms with Gasteiger partial charge in [0.2, 0.25) is 0 Å². The third-order valence-corrected chi connectivity index (χ3v) is 3.76. The number of Topliss-reactive ketones (excluding diaryl/α,β-unsaturated/α-hetero) is 1. The minimum atomic E-state index is -0.482. The number of ketones is 1. The molecule has 0 radical (unpaired) electrons. The number of hydrogen-bond acceptors (Lipinski definition) is 1. The molecule has 1 aliphatic carbocycles. The molecule has 2 aromatic rings. The van der Waals surface area contributed by atoms with Crippen molar-refractivity contribution in [1.82, 2.24) is 0 Å². The maximum absolute atomic E-state index is 12.5. The molecule has 98 valence electrons. The highest BCUT2D eigenvalue weighted by molar-refractivity contribution is 6.30. The Kier molecular flexibility index (Phi) is 3.34. The molecule has 0 bridgehead atoms. The minimum Gasteiger partial charge on any atom is -0.292 e. The summed E-state index contributed by atoms with van der Waals surface area (Å²) >= 11 is 5.85. The molecule has 0 aromatic heterocycles. The first-order valence-corrected chi connectivity index (χ1v) is 6.96. The fourth-order valence-corrected chi connectivity index (χ4v) is 2.25. The highest BCUT2D eigenvalue weighted by Crippen LogP contribution is 2.47. The summed E-state index contributed by atoms with van der Waals surface area (Å²) in [4.78, 5) is 12.5. The fraction of sp³-hybridized carbons (Fsp3) is 0.167. The molecule has 3 rings (SSSR count). The first-order chi connectivity index (χ1) is 9.70. The lowest BCUT2D eigenvalue weighted by atomic mass is 9.95. The summed E-state index contributed by atoms with van der Waals surface area (Å²) in [5.74, 6) is 6.39. The van der Waals surface area contributed by atoms with E-state index in [1.807, 2.05) is 30.3 Å². The molecule has 0 unspecified atom stereocenters. The van der Waals surface area contributed by atoms with Crippen molar-refractivity contribution >= 4 is 17.4 Å². The lowest BCUT2D eigenvalue weighted by Crippen LogP contribution is -2.13. The predicted octanol–water partition coefficient (Wildman–Crippen LogP) is 4.35. The van der Waals surface area contributed by atoms with Gasteiger partial charge in [-0.05, 0) is 49.2 Å². The first kappa shape index (κ1) is 13.0. The minimum absolute atomic E-state index is 0.109. The maximum atomic E-state index is 12.5. The van der Waals surface area contributed by atoms with Crippen molar-refractivity contribution in [3.63, 3.8) is 0 Å². The van der Waals surface area contributed by atoms with Crippen LogP contribution in [0.15, 0.2) is 54.6 Å². The summed E-state index contributed by atoms with van der Waals surface area (Å²) in [6.07, 6.45) is 1.68. The average molecular weight is 281 g/mol. The zero-order valence-corrected chi connectivity index (χ0v) is 11.7. The second kappa shape index (κ2) is 5.15. The van der Waals surface area contributed by atoms with Crippen LogP contribution in [-0.4, -0.2) is 5.78 Å². The van der Waals surface area contributed by atoms with Crippen LogP contribution in [0.2, 0.25) is 5.02 Å². The molecule has 0 atom stereocenters. The monoisotopic (exact) mass is 280 g/mol. The van der Waals surface area contributed by atoms with Gasteiger partial charge in [-0.2, -0.15) is 0 Å². The zero-order valence-electron chi connectivity index (χ0n) is 10.9. The van der Waals surface area contributed by atoms with Crippen LogP contribution in [-0.2, 0) is 0 Å². The van der Waals surface area contributed by atoms with Crippen LogP contribution in [0, 0.1) is 17.3 Å². The van der Waals surface area contributed by atoms with Gasteiger partial charge in [0.25, 0.3) is 0 Å². The predicted molar refractivity (Wildman–Crippen MR) is 80.8 cm³/mol. The highest BCUT2D eigenvalue weighted by atomic mass is 35.5. The quantitative estimate of drug-likeness (QED) is 0.590. The van der Waals surface area contributed by atoms with Crippen LogP contribution in [0.5, 0.6) is 0 Å². The zero-order chi connectivity index (χ0) is 14.0. The van der Waals surface area contributed by atoms with Gasteiger partial charge in [0.05, 0.1) is 5.41 Å². The van der Waals surface area contributed by atoms with Crippen molar-refractivity contribution in [2.75, 3.05) is 0 Å². The summed E-state index contributed by atoms with van der Waals surface area (Å²) in [7, 11) is 0. The lowest BCUT2D eigenvalue weighted by molar-refractivity contribution is 0.0935. The standard InChI is InChI=1S/C18H13ClO/c19-16-8-6-15(7-9-16)17(20)18(12-13-18)11-10-14-4-2-1-3-5-14/h1-9H,12-13H2. The van der Waals surface area contributed by atoms with E-state index in [-0.39, 0.29) is 5.78 Å². The van der Waals surface area contributed by atoms with E-state index in [0.717, 1.165) is 18.4 Å². The Balaban J connectivity index is 1.85. The maximum Gasteiger partial charge on any atom is 0.180 e. The molecular weight excluding hydrogens is 268 g/mol. The third kappa shape index (κ3) is 2.61. The molecule has 1 saturated carbocycles. The molecule has 0 amide bonds.